The molecule has 21 heavy (non-hydrogen) atoms. The van der Waals surface area contributed by atoms with Gasteiger partial charge in [-0.15, -0.1) is 0 Å². The van der Waals surface area contributed by atoms with Crippen LogP contribution < -0.4 is 10.1 Å². The molecule has 0 spiro atoms. The highest BCUT2D eigenvalue weighted by atomic mass is 16.5. The molecule has 2 heterocycles. The Morgan fingerprint density at radius 1 is 1.33 bits per heavy atom. The van der Waals surface area contributed by atoms with Crippen LogP contribution in [0.15, 0.2) is 18.2 Å². The number of nitrogens with one attached hydrogen (secondary N) is 1. The van der Waals surface area contributed by atoms with Gasteiger partial charge in [-0.25, -0.2) is 0 Å². The van der Waals surface area contributed by atoms with E-state index in [1.54, 1.807) is 0 Å². The molecule has 0 aromatic heterocycles. The number of fused-ring (bicyclic) bond motifs is 1. The number of rotatable bonds is 4. The Kier molecular flexibility index (Phi) is 4.81. The van der Waals surface area contributed by atoms with Crippen LogP contribution in [0.2, 0.25) is 0 Å². The third kappa shape index (κ3) is 3.78. The molecule has 3 nitrogen and oxygen atoms in total. The van der Waals surface area contributed by atoms with E-state index in [1.165, 1.54) is 37.1 Å². The Labute approximate surface area is 128 Å². The number of piperidine rings is 1. The van der Waals surface area contributed by atoms with Gasteiger partial charge in [0.15, 0.2) is 0 Å². The number of hydrogen-bond donors (Lipinski definition) is 1. The standard InChI is InChI=1S/C18H28N2O/c1-14(2)20-9-3-4-15(12-20)13-21-18-6-5-16-7-8-19-11-17(16)10-18/h5-6,10,14-15,19H,3-4,7-9,11-13H2,1-2H3. The average molecular weight is 288 g/mol. The van der Waals surface area contributed by atoms with Crippen molar-refractivity contribution in [2.75, 3.05) is 26.2 Å². The molecule has 1 atom stereocenters. The fourth-order valence-electron chi connectivity index (χ4n) is 3.46. The number of likely N-dealkylation sites (tertiary alicyclic amines) is 1. The summed E-state index contributed by atoms with van der Waals surface area (Å²) in [5, 5.41) is 3.43. The fourth-order valence-corrected chi connectivity index (χ4v) is 3.46. The molecule has 1 unspecified atom stereocenters. The summed E-state index contributed by atoms with van der Waals surface area (Å²) in [4.78, 5) is 2.58. The van der Waals surface area contributed by atoms with Gasteiger partial charge in [-0.3, -0.25) is 0 Å². The third-order valence-corrected chi connectivity index (χ3v) is 4.83. The van der Waals surface area contributed by atoms with Gasteiger partial charge >= 0.3 is 0 Å². The molecule has 0 aliphatic carbocycles. The molecule has 0 saturated carbocycles. The van der Waals surface area contributed by atoms with Gasteiger partial charge in [0.25, 0.3) is 0 Å². The van der Waals surface area contributed by atoms with E-state index < -0.39 is 0 Å². The van der Waals surface area contributed by atoms with Crippen molar-refractivity contribution in [3.05, 3.63) is 29.3 Å². The Hall–Kier alpha value is -1.06. The van der Waals surface area contributed by atoms with E-state index in [-0.39, 0.29) is 0 Å². The van der Waals surface area contributed by atoms with Gasteiger partial charge in [0.1, 0.15) is 5.75 Å². The zero-order valence-electron chi connectivity index (χ0n) is 13.4. The van der Waals surface area contributed by atoms with E-state index in [4.69, 9.17) is 4.74 Å². The zero-order valence-corrected chi connectivity index (χ0v) is 13.4. The van der Waals surface area contributed by atoms with Crippen molar-refractivity contribution in [3.8, 4) is 5.75 Å². The van der Waals surface area contributed by atoms with Gasteiger partial charge in [0, 0.05) is 25.0 Å². The van der Waals surface area contributed by atoms with Crippen molar-refractivity contribution in [1.82, 2.24) is 10.2 Å². The lowest BCUT2D eigenvalue weighted by molar-refractivity contribution is 0.107. The number of benzene rings is 1. The minimum atomic E-state index is 0.655. The largest absolute Gasteiger partial charge is 0.493 e. The lowest BCUT2D eigenvalue weighted by Gasteiger charge is -2.35. The van der Waals surface area contributed by atoms with E-state index in [0.717, 1.165) is 31.9 Å². The molecule has 0 bridgehead atoms. The maximum atomic E-state index is 6.09. The first-order valence-electron chi connectivity index (χ1n) is 8.42. The molecule has 116 valence electrons. The summed E-state index contributed by atoms with van der Waals surface area (Å²) in [6.45, 7) is 9.95. The van der Waals surface area contributed by atoms with E-state index in [2.05, 4.69) is 42.3 Å². The summed E-state index contributed by atoms with van der Waals surface area (Å²) in [6, 6.07) is 7.27. The predicted molar refractivity (Wildman–Crippen MR) is 86.8 cm³/mol. The van der Waals surface area contributed by atoms with Gasteiger partial charge < -0.3 is 15.0 Å². The van der Waals surface area contributed by atoms with E-state index in [0.29, 0.717) is 12.0 Å². The van der Waals surface area contributed by atoms with Gasteiger partial charge in [0.2, 0.25) is 0 Å². The monoisotopic (exact) mass is 288 g/mol. The molecule has 1 saturated heterocycles. The van der Waals surface area contributed by atoms with Gasteiger partial charge in [-0.1, -0.05) is 6.07 Å². The van der Waals surface area contributed by atoms with Crippen LogP contribution in [0.25, 0.3) is 0 Å². The molecule has 2 aliphatic rings. The Morgan fingerprint density at radius 3 is 3.10 bits per heavy atom. The van der Waals surface area contributed by atoms with E-state index in [9.17, 15) is 0 Å². The summed E-state index contributed by atoms with van der Waals surface area (Å²) in [5.74, 6) is 1.72. The lowest BCUT2D eigenvalue weighted by Crippen LogP contribution is -2.41. The maximum Gasteiger partial charge on any atom is 0.119 e. The second kappa shape index (κ2) is 6.80. The summed E-state index contributed by atoms with van der Waals surface area (Å²) in [5.41, 5.74) is 2.89. The van der Waals surface area contributed by atoms with E-state index in [1.807, 2.05) is 0 Å². The Bertz CT molecular complexity index is 472. The fraction of sp³-hybridized carbons (Fsp3) is 0.667. The van der Waals surface area contributed by atoms with Crippen LogP contribution in [0.3, 0.4) is 0 Å². The van der Waals surface area contributed by atoms with Crippen LogP contribution >= 0.6 is 0 Å². The molecular weight excluding hydrogens is 260 g/mol. The number of nitrogens with zero attached hydrogens (tertiary/aromatic N) is 1. The SMILES string of the molecule is CC(C)N1CCCC(COc2ccc3c(c2)CNCC3)C1. The van der Waals surface area contributed by atoms with Gasteiger partial charge in [-0.05, 0) is 69.5 Å². The third-order valence-electron chi connectivity index (χ3n) is 4.83. The van der Waals surface area contributed by atoms with Gasteiger partial charge in [-0.2, -0.15) is 0 Å². The maximum absolute atomic E-state index is 6.09. The molecule has 1 aromatic rings. The van der Waals surface area contributed by atoms with Crippen molar-refractivity contribution >= 4 is 0 Å². The van der Waals surface area contributed by atoms with Gasteiger partial charge in [0.05, 0.1) is 6.61 Å². The normalized spacial score (nSPS) is 23.1. The van der Waals surface area contributed by atoms with Crippen LogP contribution in [-0.4, -0.2) is 37.2 Å². The molecule has 3 heteroatoms. The van der Waals surface area contributed by atoms with Crippen molar-refractivity contribution in [2.45, 2.75) is 45.7 Å². The first kappa shape index (κ1) is 14.9. The van der Waals surface area contributed by atoms with Crippen LogP contribution in [0.1, 0.15) is 37.8 Å². The molecule has 1 N–H and O–H groups in total. The zero-order chi connectivity index (χ0) is 14.7. The molecular formula is C18H28N2O. The molecule has 1 aromatic carbocycles. The highest BCUT2D eigenvalue weighted by Gasteiger charge is 2.22. The Morgan fingerprint density at radius 2 is 2.24 bits per heavy atom. The second-order valence-corrected chi connectivity index (χ2v) is 6.77. The topological polar surface area (TPSA) is 24.5 Å². The minimum absolute atomic E-state index is 0.655. The van der Waals surface area contributed by atoms with Crippen LogP contribution in [0.4, 0.5) is 0 Å². The van der Waals surface area contributed by atoms with Crippen molar-refractivity contribution in [3.63, 3.8) is 0 Å². The van der Waals surface area contributed by atoms with Crippen molar-refractivity contribution < 1.29 is 4.74 Å². The summed E-state index contributed by atoms with van der Waals surface area (Å²) < 4.78 is 6.09. The van der Waals surface area contributed by atoms with Crippen LogP contribution in [-0.2, 0) is 13.0 Å². The highest BCUT2D eigenvalue weighted by Crippen LogP contribution is 2.23. The number of ether oxygens (including phenoxy) is 1. The second-order valence-electron chi connectivity index (χ2n) is 6.77. The van der Waals surface area contributed by atoms with E-state index >= 15 is 0 Å². The molecule has 0 amide bonds. The quantitative estimate of drug-likeness (QED) is 0.922. The molecule has 1 fully saturated rings. The Balaban J connectivity index is 1.55. The molecule has 2 aliphatic heterocycles. The highest BCUT2D eigenvalue weighted by molar-refractivity contribution is 5.37. The predicted octanol–water partition coefficient (Wildman–Crippen LogP) is 2.83. The first-order valence-corrected chi connectivity index (χ1v) is 8.42. The lowest BCUT2D eigenvalue weighted by atomic mass is 9.98. The number of hydrogen-bond acceptors (Lipinski definition) is 3. The summed E-state index contributed by atoms with van der Waals surface area (Å²) >= 11 is 0. The van der Waals surface area contributed by atoms with Crippen LogP contribution in [0, 0.1) is 5.92 Å². The smallest absolute Gasteiger partial charge is 0.119 e. The average Bonchev–Trinajstić information content (AvgIpc) is 2.53. The van der Waals surface area contributed by atoms with Crippen molar-refractivity contribution in [1.29, 1.82) is 0 Å². The molecule has 0 radical (unpaired) electrons. The summed E-state index contributed by atoms with van der Waals surface area (Å²) in [6.07, 6.45) is 3.75. The first-order chi connectivity index (χ1) is 10.2. The minimum Gasteiger partial charge on any atom is -0.493 e. The van der Waals surface area contributed by atoms with Crippen LogP contribution in [0.5, 0.6) is 5.75 Å². The molecule has 3 rings (SSSR count). The summed E-state index contributed by atoms with van der Waals surface area (Å²) in [7, 11) is 0. The van der Waals surface area contributed by atoms with Crippen molar-refractivity contribution in [2.24, 2.45) is 5.92 Å².